The van der Waals surface area contributed by atoms with Crippen LogP contribution >= 0.6 is 0 Å². The Morgan fingerprint density at radius 3 is 2.75 bits per heavy atom. The van der Waals surface area contributed by atoms with Crippen molar-refractivity contribution < 1.29 is 0 Å². The topological polar surface area (TPSA) is 35.9 Å². The van der Waals surface area contributed by atoms with Crippen LogP contribution in [0.1, 0.15) is 13.3 Å². The summed E-state index contributed by atoms with van der Waals surface area (Å²) in [7, 11) is 1.93. The highest BCUT2D eigenvalue weighted by atomic mass is 14.8. The van der Waals surface area contributed by atoms with Crippen LogP contribution in [0.4, 0.5) is 0 Å². The van der Waals surface area contributed by atoms with Crippen molar-refractivity contribution in [2.24, 2.45) is 5.92 Å². The van der Waals surface area contributed by atoms with Gasteiger partial charge in [-0.15, -0.1) is 0 Å². The van der Waals surface area contributed by atoms with Gasteiger partial charge >= 0.3 is 0 Å². The van der Waals surface area contributed by atoms with E-state index >= 15 is 0 Å². The predicted octanol–water partition coefficient (Wildman–Crippen LogP) is 0.882. The molecule has 0 amide bonds. The quantitative estimate of drug-likeness (QED) is 0.523. The van der Waals surface area contributed by atoms with Crippen LogP contribution in [0.3, 0.4) is 0 Å². The lowest BCUT2D eigenvalue weighted by Gasteiger charge is -2.04. The summed E-state index contributed by atoms with van der Waals surface area (Å²) in [4.78, 5) is 0. The van der Waals surface area contributed by atoms with Crippen molar-refractivity contribution in [2.75, 3.05) is 13.6 Å². The molecule has 2 N–H and O–H groups in total. The van der Waals surface area contributed by atoms with Gasteiger partial charge < -0.3 is 10.7 Å². The first-order valence-corrected chi connectivity index (χ1v) is 2.94. The van der Waals surface area contributed by atoms with Crippen molar-refractivity contribution in [3.8, 4) is 0 Å². The third-order valence-corrected chi connectivity index (χ3v) is 1.07. The molecule has 0 aromatic heterocycles. The first-order chi connectivity index (χ1) is 3.81. The molecule has 0 rings (SSSR count). The maximum absolute atomic E-state index is 6.76. The van der Waals surface area contributed by atoms with Gasteiger partial charge in [0, 0.05) is 0 Å². The normalized spacial score (nSPS) is 13.2. The van der Waals surface area contributed by atoms with Gasteiger partial charge in [0.15, 0.2) is 0 Å². The standard InChI is InChI=1S/C6H14N2/c1-6(3-4-7)5-8-2/h4,6-8H,3,5H2,1-2H3. The lowest BCUT2D eigenvalue weighted by atomic mass is 10.1. The Morgan fingerprint density at radius 2 is 2.38 bits per heavy atom. The minimum atomic E-state index is 0.609. The van der Waals surface area contributed by atoms with Crippen molar-refractivity contribution in [2.45, 2.75) is 13.3 Å². The summed E-state index contributed by atoms with van der Waals surface area (Å²) in [6, 6.07) is 0. The molecule has 0 aliphatic carbocycles. The molecule has 0 aromatic carbocycles. The Hall–Kier alpha value is -0.370. The van der Waals surface area contributed by atoms with Crippen molar-refractivity contribution >= 4 is 6.21 Å². The zero-order valence-corrected chi connectivity index (χ0v) is 5.57. The van der Waals surface area contributed by atoms with Gasteiger partial charge in [0.1, 0.15) is 0 Å². The Bertz CT molecular complexity index is 61.5. The Labute approximate surface area is 50.8 Å². The number of nitrogens with one attached hydrogen (secondary N) is 2. The maximum Gasteiger partial charge on any atom is -0.00226 e. The number of hydrogen-bond acceptors (Lipinski definition) is 2. The van der Waals surface area contributed by atoms with E-state index in [0.717, 1.165) is 13.0 Å². The molecular weight excluding hydrogens is 100 g/mol. The molecule has 8 heavy (non-hydrogen) atoms. The van der Waals surface area contributed by atoms with Crippen LogP contribution in [-0.4, -0.2) is 19.8 Å². The Morgan fingerprint density at radius 1 is 1.75 bits per heavy atom. The van der Waals surface area contributed by atoms with Gasteiger partial charge in [0.2, 0.25) is 0 Å². The fraction of sp³-hybridized carbons (Fsp3) is 0.833. The van der Waals surface area contributed by atoms with E-state index in [0.29, 0.717) is 5.92 Å². The minimum absolute atomic E-state index is 0.609. The number of rotatable bonds is 4. The molecule has 2 heteroatoms. The third-order valence-electron chi connectivity index (χ3n) is 1.07. The lowest BCUT2D eigenvalue weighted by Crippen LogP contribution is -2.16. The maximum atomic E-state index is 6.76. The van der Waals surface area contributed by atoms with E-state index in [9.17, 15) is 0 Å². The molecule has 0 radical (unpaired) electrons. The fourth-order valence-corrected chi connectivity index (χ4v) is 0.633. The molecule has 1 atom stereocenters. The molecular formula is C6H14N2. The van der Waals surface area contributed by atoms with Gasteiger partial charge in [-0.1, -0.05) is 6.92 Å². The average Bonchev–Trinajstić information content (AvgIpc) is 1.68. The van der Waals surface area contributed by atoms with E-state index in [1.165, 1.54) is 6.21 Å². The Balaban J connectivity index is 3.03. The zero-order chi connectivity index (χ0) is 6.41. The molecule has 0 aromatic rings. The molecule has 48 valence electrons. The van der Waals surface area contributed by atoms with Crippen molar-refractivity contribution in [1.29, 1.82) is 5.41 Å². The summed E-state index contributed by atoms with van der Waals surface area (Å²) in [5.41, 5.74) is 0. The van der Waals surface area contributed by atoms with Crippen LogP contribution in [0, 0.1) is 11.3 Å². The van der Waals surface area contributed by atoms with Gasteiger partial charge in [-0.05, 0) is 32.1 Å². The van der Waals surface area contributed by atoms with Gasteiger partial charge in [0.25, 0.3) is 0 Å². The molecule has 0 aliphatic heterocycles. The second-order valence-electron chi connectivity index (χ2n) is 2.10. The highest BCUT2D eigenvalue weighted by Crippen LogP contribution is 1.94. The van der Waals surface area contributed by atoms with E-state index in [4.69, 9.17) is 5.41 Å². The van der Waals surface area contributed by atoms with E-state index < -0.39 is 0 Å². The average molecular weight is 114 g/mol. The summed E-state index contributed by atoms with van der Waals surface area (Å²) in [6.07, 6.45) is 2.35. The summed E-state index contributed by atoms with van der Waals surface area (Å²) < 4.78 is 0. The van der Waals surface area contributed by atoms with Gasteiger partial charge in [-0.25, -0.2) is 0 Å². The van der Waals surface area contributed by atoms with E-state index in [2.05, 4.69) is 12.2 Å². The molecule has 0 fully saturated rings. The largest absolute Gasteiger partial charge is 0.319 e. The molecule has 2 nitrogen and oxygen atoms in total. The van der Waals surface area contributed by atoms with E-state index in [-0.39, 0.29) is 0 Å². The van der Waals surface area contributed by atoms with Crippen LogP contribution in [0.5, 0.6) is 0 Å². The molecule has 0 aliphatic rings. The lowest BCUT2D eigenvalue weighted by molar-refractivity contribution is 0.567. The van der Waals surface area contributed by atoms with Crippen LogP contribution in [0.25, 0.3) is 0 Å². The monoisotopic (exact) mass is 114 g/mol. The fourth-order valence-electron chi connectivity index (χ4n) is 0.633. The SMILES string of the molecule is CNCC(C)CC=N. The highest BCUT2D eigenvalue weighted by molar-refractivity contribution is 5.53. The summed E-state index contributed by atoms with van der Waals surface area (Å²) in [5.74, 6) is 0.609. The molecule has 1 unspecified atom stereocenters. The van der Waals surface area contributed by atoms with Crippen molar-refractivity contribution in [3.63, 3.8) is 0 Å². The van der Waals surface area contributed by atoms with E-state index in [1.54, 1.807) is 0 Å². The second-order valence-corrected chi connectivity index (χ2v) is 2.10. The smallest absolute Gasteiger partial charge is 0.00226 e. The van der Waals surface area contributed by atoms with Crippen LogP contribution in [0.15, 0.2) is 0 Å². The molecule has 0 bridgehead atoms. The molecule has 0 saturated heterocycles. The van der Waals surface area contributed by atoms with Gasteiger partial charge in [-0.3, -0.25) is 0 Å². The molecule has 0 spiro atoms. The van der Waals surface area contributed by atoms with Gasteiger partial charge in [-0.2, -0.15) is 0 Å². The van der Waals surface area contributed by atoms with Crippen LogP contribution in [-0.2, 0) is 0 Å². The second kappa shape index (κ2) is 4.78. The van der Waals surface area contributed by atoms with Crippen LogP contribution in [0.2, 0.25) is 0 Å². The molecule has 0 heterocycles. The highest BCUT2D eigenvalue weighted by Gasteiger charge is 1.94. The van der Waals surface area contributed by atoms with E-state index in [1.807, 2.05) is 7.05 Å². The van der Waals surface area contributed by atoms with Crippen LogP contribution < -0.4 is 5.32 Å². The zero-order valence-electron chi connectivity index (χ0n) is 5.57. The summed E-state index contributed by atoms with van der Waals surface area (Å²) in [6.45, 7) is 3.14. The van der Waals surface area contributed by atoms with Gasteiger partial charge in [0.05, 0.1) is 0 Å². The molecule has 0 saturated carbocycles. The summed E-state index contributed by atoms with van der Waals surface area (Å²) >= 11 is 0. The first-order valence-electron chi connectivity index (χ1n) is 2.94. The van der Waals surface area contributed by atoms with Crippen molar-refractivity contribution in [3.05, 3.63) is 0 Å². The first kappa shape index (κ1) is 7.63. The Kier molecular flexibility index (Phi) is 4.56. The summed E-state index contributed by atoms with van der Waals surface area (Å²) in [5, 5.41) is 9.81. The van der Waals surface area contributed by atoms with Crippen molar-refractivity contribution in [1.82, 2.24) is 5.32 Å². The predicted molar refractivity (Wildman–Crippen MR) is 36.5 cm³/mol. The third kappa shape index (κ3) is 3.81. The minimum Gasteiger partial charge on any atom is -0.319 e. The number of hydrogen-bond donors (Lipinski definition) is 2.